The van der Waals surface area contributed by atoms with Gasteiger partial charge in [0.1, 0.15) is 0 Å². The van der Waals surface area contributed by atoms with Gasteiger partial charge in [-0.15, -0.1) is 0 Å². The van der Waals surface area contributed by atoms with Crippen molar-refractivity contribution in [2.45, 2.75) is 18.9 Å². The number of carbonyl (C=O) groups excluding carboxylic acids is 1. The van der Waals surface area contributed by atoms with E-state index in [9.17, 15) is 9.59 Å². The van der Waals surface area contributed by atoms with E-state index in [2.05, 4.69) is 15.9 Å². The molecule has 1 atom stereocenters. The van der Waals surface area contributed by atoms with Crippen molar-refractivity contribution in [3.8, 4) is 0 Å². The molecule has 108 valence electrons. The standard InChI is InChI=1S/C14H16BrNO4/c15-11-4-2-1-3-10(11)5-6-13(17)16-7-8-20-12(9-16)14(18)19/h1-4,12H,5-9H2,(H,18,19). The van der Waals surface area contributed by atoms with Gasteiger partial charge in [-0.2, -0.15) is 0 Å². The molecule has 1 aromatic carbocycles. The first kappa shape index (κ1) is 15.0. The third kappa shape index (κ3) is 3.80. The Labute approximate surface area is 125 Å². The fourth-order valence-corrected chi connectivity index (χ4v) is 2.61. The molecular formula is C14H16BrNO4. The number of aliphatic carboxylic acids is 1. The van der Waals surface area contributed by atoms with Gasteiger partial charge in [0, 0.05) is 17.4 Å². The van der Waals surface area contributed by atoms with Gasteiger partial charge in [0.05, 0.1) is 13.2 Å². The van der Waals surface area contributed by atoms with Crippen LogP contribution in [-0.4, -0.2) is 47.7 Å². The molecule has 1 unspecified atom stereocenters. The lowest BCUT2D eigenvalue weighted by atomic mass is 10.1. The van der Waals surface area contributed by atoms with Crippen LogP contribution in [-0.2, 0) is 20.7 Å². The van der Waals surface area contributed by atoms with Crippen molar-refractivity contribution in [2.24, 2.45) is 0 Å². The molecule has 0 spiro atoms. The van der Waals surface area contributed by atoms with Crippen molar-refractivity contribution in [3.05, 3.63) is 34.3 Å². The maximum Gasteiger partial charge on any atom is 0.334 e. The van der Waals surface area contributed by atoms with E-state index in [1.54, 1.807) is 4.90 Å². The van der Waals surface area contributed by atoms with Crippen LogP contribution in [0.25, 0.3) is 0 Å². The Morgan fingerprint density at radius 1 is 1.40 bits per heavy atom. The summed E-state index contributed by atoms with van der Waals surface area (Å²) in [5.41, 5.74) is 1.07. The summed E-state index contributed by atoms with van der Waals surface area (Å²) in [6, 6.07) is 7.76. The molecule has 1 N–H and O–H groups in total. The first-order valence-electron chi connectivity index (χ1n) is 6.43. The van der Waals surface area contributed by atoms with Crippen LogP contribution in [0.5, 0.6) is 0 Å². The molecule has 20 heavy (non-hydrogen) atoms. The number of carboxylic acid groups (broad SMARTS) is 1. The number of rotatable bonds is 4. The number of carbonyl (C=O) groups is 2. The predicted octanol–water partition coefficient (Wildman–Crippen LogP) is 1.69. The van der Waals surface area contributed by atoms with Crippen molar-refractivity contribution in [1.29, 1.82) is 0 Å². The van der Waals surface area contributed by atoms with Gasteiger partial charge in [-0.3, -0.25) is 4.79 Å². The lowest BCUT2D eigenvalue weighted by Crippen LogP contribution is -2.48. The summed E-state index contributed by atoms with van der Waals surface area (Å²) in [6.45, 7) is 0.862. The summed E-state index contributed by atoms with van der Waals surface area (Å²) in [4.78, 5) is 24.6. The second-order valence-electron chi connectivity index (χ2n) is 4.63. The molecule has 1 amide bonds. The molecule has 0 saturated carbocycles. The average molecular weight is 342 g/mol. The van der Waals surface area contributed by atoms with Crippen LogP contribution in [0.15, 0.2) is 28.7 Å². The van der Waals surface area contributed by atoms with E-state index in [4.69, 9.17) is 9.84 Å². The average Bonchev–Trinajstić information content (AvgIpc) is 2.46. The fourth-order valence-electron chi connectivity index (χ4n) is 2.13. The third-order valence-electron chi connectivity index (χ3n) is 3.26. The van der Waals surface area contributed by atoms with E-state index in [0.29, 0.717) is 19.4 Å². The highest BCUT2D eigenvalue weighted by Crippen LogP contribution is 2.18. The number of amides is 1. The Balaban J connectivity index is 1.89. The lowest BCUT2D eigenvalue weighted by molar-refractivity contribution is -0.159. The van der Waals surface area contributed by atoms with Gasteiger partial charge in [0.2, 0.25) is 5.91 Å². The van der Waals surface area contributed by atoms with Crippen LogP contribution in [0.2, 0.25) is 0 Å². The SMILES string of the molecule is O=C(O)C1CN(C(=O)CCc2ccccc2Br)CCO1. The minimum atomic E-state index is -1.02. The summed E-state index contributed by atoms with van der Waals surface area (Å²) in [5.74, 6) is -1.05. The highest BCUT2D eigenvalue weighted by atomic mass is 79.9. The number of nitrogens with zero attached hydrogens (tertiary/aromatic N) is 1. The van der Waals surface area contributed by atoms with Crippen LogP contribution in [0.4, 0.5) is 0 Å². The number of hydrogen-bond donors (Lipinski definition) is 1. The zero-order valence-electron chi connectivity index (χ0n) is 10.9. The molecule has 0 aliphatic carbocycles. The first-order valence-corrected chi connectivity index (χ1v) is 7.23. The van der Waals surface area contributed by atoms with E-state index in [-0.39, 0.29) is 19.1 Å². The van der Waals surface area contributed by atoms with Gasteiger partial charge >= 0.3 is 5.97 Å². The number of carboxylic acids is 1. The van der Waals surface area contributed by atoms with Crippen LogP contribution in [0.3, 0.4) is 0 Å². The van der Waals surface area contributed by atoms with E-state index in [1.165, 1.54) is 0 Å². The Morgan fingerprint density at radius 2 is 2.15 bits per heavy atom. The lowest BCUT2D eigenvalue weighted by Gasteiger charge is -2.31. The molecule has 5 nitrogen and oxygen atoms in total. The molecule has 1 fully saturated rings. The maximum absolute atomic E-state index is 12.1. The third-order valence-corrected chi connectivity index (χ3v) is 4.03. The van der Waals surface area contributed by atoms with Crippen LogP contribution < -0.4 is 0 Å². The molecule has 6 heteroatoms. The molecule has 1 aliphatic rings. The van der Waals surface area contributed by atoms with E-state index >= 15 is 0 Å². The van der Waals surface area contributed by atoms with Gasteiger partial charge in [-0.1, -0.05) is 34.1 Å². The monoisotopic (exact) mass is 341 g/mol. The first-order chi connectivity index (χ1) is 9.58. The van der Waals surface area contributed by atoms with Crippen LogP contribution in [0, 0.1) is 0 Å². The Bertz CT molecular complexity index is 506. The second-order valence-corrected chi connectivity index (χ2v) is 5.48. The minimum absolute atomic E-state index is 0.0321. The van der Waals surface area contributed by atoms with Crippen LogP contribution >= 0.6 is 15.9 Å². The van der Waals surface area contributed by atoms with Crippen LogP contribution in [0.1, 0.15) is 12.0 Å². The van der Waals surface area contributed by atoms with Gasteiger partial charge in [0.25, 0.3) is 0 Å². The molecule has 1 aliphatic heterocycles. The van der Waals surface area contributed by atoms with Gasteiger partial charge in [-0.05, 0) is 18.1 Å². The zero-order chi connectivity index (χ0) is 14.5. The van der Waals surface area contributed by atoms with Crippen molar-refractivity contribution in [2.75, 3.05) is 19.7 Å². The van der Waals surface area contributed by atoms with Crippen molar-refractivity contribution in [3.63, 3.8) is 0 Å². The van der Waals surface area contributed by atoms with Gasteiger partial charge in [-0.25, -0.2) is 4.79 Å². The summed E-state index contributed by atoms with van der Waals surface area (Å²) < 4.78 is 6.09. The van der Waals surface area contributed by atoms with E-state index in [0.717, 1.165) is 10.0 Å². The summed E-state index contributed by atoms with van der Waals surface area (Å²) in [6.07, 6.45) is 0.0979. The molecule has 1 saturated heterocycles. The Hall–Kier alpha value is -1.40. The van der Waals surface area contributed by atoms with Gasteiger partial charge < -0.3 is 14.7 Å². The maximum atomic E-state index is 12.1. The smallest absolute Gasteiger partial charge is 0.334 e. The quantitative estimate of drug-likeness (QED) is 0.904. The number of hydrogen-bond acceptors (Lipinski definition) is 3. The Kier molecular flexibility index (Phi) is 5.14. The molecule has 0 aromatic heterocycles. The summed E-state index contributed by atoms with van der Waals surface area (Å²) >= 11 is 3.45. The number of morpholine rings is 1. The van der Waals surface area contributed by atoms with Crippen molar-refractivity contribution in [1.82, 2.24) is 4.90 Å². The number of ether oxygens (including phenoxy) is 1. The summed E-state index contributed by atoms with van der Waals surface area (Å²) in [7, 11) is 0. The van der Waals surface area contributed by atoms with Crippen molar-refractivity contribution >= 4 is 27.8 Å². The molecule has 0 radical (unpaired) electrons. The zero-order valence-corrected chi connectivity index (χ0v) is 12.5. The molecule has 2 rings (SSSR count). The normalized spacial score (nSPS) is 18.9. The van der Waals surface area contributed by atoms with Gasteiger partial charge in [0.15, 0.2) is 6.10 Å². The number of halogens is 1. The van der Waals surface area contributed by atoms with E-state index in [1.807, 2.05) is 24.3 Å². The number of benzene rings is 1. The highest BCUT2D eigenvalue weighted by molar-refractivity contribution is 9.10. The molecular weight excluding hydrogens is 326 g/mol. The largest absolute Gasteiger partial charge is 0.479 e. The number of aryl methyl sites for hydroxylation is 1. The fraction of sp³-hybridized carbons (Fsp3) is 0.429. The van der Waals surface area contributed by atoms with Crippen molar-refractivity contribution < 1.29 is 19.4 Å². The molecule has 1 aromatic rings. The molecule has 1 heterocycles. The minimum Gasteiger partial charge on any atom is -0.479 e. The van der Waals surface area contributed by atoms with E-state index < -0.39 is 12.1 Å². The summed E-state index contributed by atoms with van der Waals surface area (Å²) in [5, 5.41) is 8.91. The Morgan fingerprint density at radius 3 is 2.85 bits per heavy atom. The topological polar surface area (TPSA) is 66.8 Å². The second kappa shape index (κ2) is 6.85. The molecule has 0 bridgehead atoms. The predicted molar refractivity (Wildman–Crippen MR) is 76.4 cm³/mol. The highest BCUT2D eigenvalue weighted by Gasteiger charge is 2.28.